The van der Waals surface area contributed by atoms with E-state index in [1.165, 1.54) is 0 Å². The highest BCUT2D eigenvalue weighted by molar-refractivity contribution is 5.76. The van der Waals surface area contributed by atoms with Crippen molar-refractivity contribution in [3.63, 3.8) is 0 Å². The average molecular weight is 574 g/mol. The van der Waals surface area contributed by atoms with Gasteiger partial charge in [0.05, 0.1) is 19.3 Å². The molecule has 2 unspecified atom stereocenters. The number of unbranched alkanes of at least 4 members (excludes halogenated alkanes) is 1. The summed E-state index contributed by atoms with van der Waals surface area (Å²) in [5, 5.41) is 13.7. The zero-order valence-electron chi connectivity index (χ0n) is 24.0. The zero-order chi connectivity index (χ0) is 29.0. The van der Waals surface area contributed by atoms with Gasteiger partial charge in [0, 0.05) is 50.0 Å². The lowest BCUT2D eigenvalue weighted by Crippen LogP contribution is -2.36. The van der Waals surface area contributed by atoms with Crippen LogP contribution in [-0.4, -0.2) is 72.9 Å². The van der Waals surface area contributed by atoms with E-state index in [4.69, 9.17) is 19.2 Å². The van der Waals surface area contributed by atoms with Crippen LogP contribution in [0.2, 0.25) is 0 Å². The van der Waals surface area contributed by atoms with E-state index in [-0.39, 0.29) is 18.9 Å². The second-order valence-corrected chi connectivity index (χ2v) is 11.5. The van der Waals surface area contributed by atoms with E-state index in [1.807, 2.05) is 36.1 Å². The third-order valence-electron chi connectivity index (χ3n) is 8.36. The summed E-state index contributed by atoms with van der Waals surface area (Å²) in [7, 11) is 1.70. The van der Waals surface area contributed by atoms with Gasteiger partial charge in [-0.2, -0.15) is 0 Å². The Bertz CT molecular complexity index is 1200. The number of alkyl halides is 2. The lowest BCUT2D eigenvalue weighted by Gasteiger charge is -2.33. The first kappa shape index (κ1) is 29.7. The minimum Gasteiger partial charge on any atom is -0.496 e. The molecule has 5 rings (SSSR count). The van der Waals surface area contributed by atoms with Gasteiger partial charge in [0.1, 0.15) is 24.2 Å². The number of hydrogen-bond acceptors (Lipinski definition) is 7. The quantitative estimate of drug-likeness (QED) is 0.342. The summed E-state index contributed by atoms with van der Waals surface area (Å²) >= 11 is 0. The number of rotatable bonds is 11. The molecule has 1 aromatic heterocycles. The van der Waals surface area contributed by atoms with Crippen LogP contribution in [0.4, 0.5) is 14.6 Å². The summed E-state index contributed by atoms with van der Waals surface area (Å²) in [5.41, 5.74) is 4.39. The molecule has 0 radical (unpaired) electrons. The van der Waals surface area contributed by atoms with E-state index in [0.29, 0.717) is 30.8 Å². The number of ether oxygens (including phenoxy) is 3. The summed E-state index contributed by atoms with van der Waals surface area (Å²) in [6.45, 7) is 3.88. The van der Waals surface area contributed by atoms with Crippen LogP contribution in [0.3, 0.4) is 0 Å². The van der Waals surface area contributed by atoms with Gasteiger partial charge in [-0.25, -0.2) is 13.8 Å². The molecule has 2 saturated heterocycles. The Morgan fingerprint density at radius 1 is 1.29 bits per heavy atom. The largest absolute Gasteiger partial charge is 0.496 e. The predicted molar refractivity (Wildman–Crippen MR) is 151 cm³/mol. The molecular weight excluding hydrogens is 532 g/mol. The number of hydrogen-bond donors (Lipinski definition) is 2. The smallest absolute Gasteiger partial charge is 0.325 e. The molecule has 0 spiro atoms. The Labute approximate surface area is 240 Å². The number of carbonyl (C=O) groups is 1. The van der Waals surface area contributed by atoms with E-state index in [0.717, 1.165) is 73.5 Å². The van der Waals surface area contributed by atoms with Gasteiger partial charge < -0.3 is 24.6 Å². The van der Waals surface area contributed by atoms with Crippen LogP contribution in [-0.2, 0) is 27.1 Å². The Morgan fingerprint density at radius 2 is 2.15 bits per heavy atom. The van der Waals surface area contributed by atoms with Crippen LogP contribution in [0.15, 0.2) is 24.3 Å². The summed E-state index contributed by atoms with van der Waals surface area (Å²) in [6, 6.07) is 6.73. The number of pyridine rings is 1. The molecular formula is C31H41F2N3O5. The van der Waals surface area contributed by atoms with Crippen LogP contribution >= 0.6 is 0 Å². The van der Waals surface area contributed by atoms with Crippen LogP contribution in [0.1, 0.15) is 78.6 Å². The zero-order valence-corrected chi connectivity index (χ0v) is 24.0. The Morgan fingerprint density at radius 3 is 2.90 bits per heavy atom. The minimum atomic E-state index is -2.84. The van der Waals surface area contributed by atoms with E-state index in [9.17, 15) is 18.7 Å². The molecule has 3 atom stereocenters. The predicted octanol–water partition coefficient (Wildman–Crippen LogP) is 5.48. The second kappa shape index (κ2) is 13.0. The number of benzene rings is 1. The topological polar surface area (TPSA) is 93.2 Å². The van der Waals surface area contributed by atoms with Gasteiger partial charge in [-0.05, 0) is 63.0 Å². The molecule has 0 aliphatic carbocycles. The maximum Gasteiger partial charge on any atom is 0.325 e. The van der Waals surface area contributed by atoms with Gasteiger partial charge in [0.2, 0.25) is 0 Å². The molecule has 1 aromatic carbocycles. The number of anilines is 1. The normalized spacial score (nSPS) is 23.0. The third kappa shape index (κ3) is 7.16. The number of aliphatic carboxylic acids is 1. The highest BCUT2D eigenvalue weighted by Crippen LogP contribution is 2.40. The number of halogens is 2. The number of aryl methyl sites for hydroxylation is 2. The Kier molecular flexibility index (Phi) is 9.41. The fourth-order valence-corrected chi connectivity index (χ4v) is 6.23. The molecule has 4 heterocycles. The molecule has 0 saturated carbocycles. The molecule has 0 bridgehead atoms. The summed E-state index contributed by atoms with van der Waals surface area (Å²) in [6.07, 6.45) is 4.73. The lowest BCUT2D eigenvalue weighted by atomic mass is 9.90. The molecule has 8 nitrogen and oxygen atoms in total. The van der Waals surface area contributed by atoms with Crippen molar-refractivity contribution in [3.05, 3.63) is 52.2 Å². The Balaban J connectivity index is 1.15. The first-order valence-corrected chi connectivity index (χ1v) is 14.7. The van der Waals surface area contributed by atoms with Gasteiger partial charge in [0.15, 0.2) is 0 Å². The lowest BCUT2D eigenvalue weighted by molar-refractivity contribution is -0.147. The molecule has 2 N–H and O–H groups in total. The van der Waals surface area contributed by atoms with Crippen molar-refractivity contribution in [1.29, 1.82) is 0 Å². The van der Waals surface area contributed by atoms with Crippen molar-refractivity contribution in [2.24, 2.45) is 0 Å². The number of fused-ring (bicyclic) bond motifs is 1. The standard InChI is InChI=1S/C31H41F2N3O5/c1-20-8-9-23(26-10-12-31(32,33)19-41-26)25(16-20)28(30(37)38)36-14-11-22(18-36)40-15-4-3-6-21-17-27(39-2)24-7-5-13-34-29(24)35-21/h8-9,16-17,22,26,28H,3-7,10-15,18-19H2,1-2H3,(H,34,35)(H,37,38)/t22-,26?,28?/m1/s1. The van der Waals surface area contributed by atoms with Crippen LogP contribution in [0, 0.1) is 6.92 Å². The average Bonchev–Trinajstić information content (AvgIpc) is 3.41. The molecule has 224 valence electrons. The number of methoxy groups -OCH3 is 1. The number of aromatic nitrogens is 1. The van der Waals surface area contributed by atoms with Crippen molar-refractivity contribution in [2.45, 2.75) is 82.5 Å². The molecule has 10 heteroatoms. The minimum absolute atomic E-state index is 0.0547. The number of nitrogens with one attached hydrogen (secondary N) is 1. The fraction of sp³-hybridized carbons (Fsp3) is 0.613. The molecule has 41 heavy (non-hydrogen) atoms. The number of carboxylic acids is 1. The summed E-state index contributed by atoms with van der Waals surface area (Å²) in [4.78, 5) is 19.3. The van der Waals surface area contributed by atoms with Gasteiger partial charge in [-0.15, -0.1) is 0 Å². The highest BCUT2D eigenvalue weighted by Gasteiger charge is 2.40. The number of carboxylic acid groups (broad SMARTS) is 1. The van der Waals surface area contributed by atoms with E-state index < -0.39 is 30.6 Å². The van der Waals surface area contributed by atoms with E-state index in [1.54, 1.807) is 7.11 Å². The summed E-state index contributed by atoms with van der Waals surface area (Å²) < 4.78 is 44.7. The first-order chi connectivity index (χ1) is 19.7. The first-order valence-electron chi connectivity index (χ1n) is 14.7. The molecule has 2 aromatic rings. The van der Waals surface area contributed by atoms with E-state index in [2.05, 4.69) is 5.32 Å². The van der Waals surface area contributed by atoms with Gasteiger partial charge in [-0.3, -0.25) is 9.69 Å². The Hall–Kier alpha value is -2.82. The van der Waals surface area contributed by atoms with Crippen molar-refractivity contribution < 1.29 is 32.9 Å². The molecule has 3 aliphatic heterocycles. The molecule has 3 aliphatic rings. The fourth-order valence-electron chi connectivity index (χ4n) is 6.23. The monoisotopic (exact) mass is 573 g/mol. The van der Waals surface area contributed by atoms with Crippen molar-refractivity contribution in [3.8, 4) is 5.75 Å². The van der Waals surface area contributed by atoms with Gasteiger partial charge in [-0.1, -0.05) is 23.8 Å². The van der Waals surface area contributed by atoms with Crippen LogP contribution in [0.25, 0.3) is 0 Å². The summed E-state index contributed by atoms with van der Waals surface area (Å²) in [5.74, 6) is -1.96. The SMILES string of the molecule is COc1cc(CCCCO[C@@H]2CCN(C(C(=O)O)c3cc(C)ccc3C3CCC(F)(F)CO3)C2)nc2c1CCCN2. The van der Waals surface area contributed by atoms with E-state index >= 15 is 0 Å². The molecule has 2 fully saturated rings. The maximum absolute atomic E-state index is 13.7. The maximum atomic E-state index is 13.7. The highest BCUT2D eigenvalue weighted by atomic mass is 19.3. The van der Waals surface area contributed by atoms with Crippen LogP contribution in [0.5, 0.6) is 5.75 Å². The van der Waals surface area contributed by atoms with Crippen molar-refractivity contribution in [2.75, 3.05) is 45.3 Å². The molecule has 0 amide bonds. The van der Waals surface area contributed by atoms with Crippen molar-refractivity contribution in [1.82, 2.24) is 9.88 Å². The third-order valence-corrected chi connectivity index (χ3v) is 8.36. The number of nitrogens with zero attached hydrogens (tertiary/aromatic N) is 2. The van der Waals surface area contributed by atoms with Gasteiger partial charge in [0.25, 0.3) is 5.92 Å². The second-order valence-electron chi connectivity index (χ2n) is 11.5. The van der Waals surface area contributed by atoms with Crippen LogP contribution < -0.4 is 10.1 Å². The van der Waals surface area contributed by atoms with Crippen molar-refractivity contribution >= 4 is 11.8 Å². The van der Waals surface area contributed by atoms with Gasteiger partial charge >= 0.3 is 5.97 Å². The number of likely N-dealkylation sites (tertiary alicyclic amines) is 1.